The van der Waals surface area contributed by atoms with Crippen molar-refractivity contribution in [2.75, 3.05) is 5.17 Å². The molecule has 6 aromatic rings. The van der Waals surface area contributed by atoms with Gasteiger partial charge in [-0.3, -0.25) is 10.4 Å². The van der Waals surface area contributed by atoms with E-state index >= 15 is 0 Å². The molecule has 0 aromatic heterocycles. The Morgan fingerprint density at radius 2 is 1.21 bits per heavy atom. The minimum atomic E-state index is 0.826. The van der Waals surface area contributed by atoms with Gasteiger partial charge in [0, 0.05) is 0 Å². The van der Waals surface area contributed by atoms with Gasteiger partial charge < -0.3 is 9.94 Å². The van der Waals surface area contributed by atoms with Crippen molar-refractivity contribution in [1.29, 1.82) is 0 Å². The molecule has 0 saturated heterocycles. The fourth-order valence-corrected chi connectivity index (χ4v) is 5.59. The Balaban J connectivity index is 0.000000611. The molecular weight excluding hydrogens is 530 g/mol. The van der Waals surface area contributed by atoms with Gasteiger partial charge in [-0.2, -0.15) is 0 Å². The van der Waals surface area contributed by atoms with Crippen LogP contribution < -0.4 is 10.6 Å². The molecule has 6 aromatic carbocycles. The monoisotopic (exact) mass is 561 g/mol. The summed E-state index contributed by atoms with van der Waals surface area (Å²) >= 11 is 0. The van der Waals surface area contributed by atoms with Crippen molar-refractivity contribution in [3.8, 4) is 33.4 Å². The molecule has 43 heavy (non-hydrogen) atoms. The molecule has 5 heteroatoms. The van der Waals surface area contributed by atoms with E-state index in [1.54, 1.807) is 17.6 Å². The number of aryl methyl sites for hydroxylation is 1. The van der Waals surface area contributed by atoms with E-state index in [4.69, 9.17) is 9.94 Å². The van der Waals surface area contributed by atoms with Crippen LogP contribution in [-0.4, -0.2) is 11.8 Å². The first-order valence-corrected chi connectivity index (χ1v) is 14.0. The van der Waals surface area contributed by atoms with E-state index in [-0.39, 0.29) is 0 Å². The van der Waals surface area contributed by atoms with Gasteiger partial charge in [0.15, 0.2) is 0 Å². The highest BCUT2D eigenvalue weighted by molar-refractivity contribution is 6.12. The van der Waals surface area contributed by atoms with Gasteiger partial charge >= 0.3 is 0 Å². The van der Waals surface area contributed by atoms with Gasteiger partial charge in [0.2, 0.25) is 0 Å². The van der Waals surface area contributed by atoms with Crippen molar-refractivity contribution in [1.82, 2.24) is 5.43 Å². The Hall–Kier alpha value is -5.81. The highest BCUT2D eigenvalue weighted by Crippen LogP contribution is 2.41. The lowest BCUT2D eigenvalue weighted by Gasteiger charge is -2.18. The van der Waals surface area contributed by atoms with Gasteiger partial charge in [-0.1, -0.05) is 115 Å². The molecule has 7 rings (SSSR count). The number of hydrazine groups is 1. The van der Waals surface area contributed by atoms with E-state index in [1.165, 1.54) is 61.1 Å². The molecule has 0 aliphatic carbocycles. The molecule has 5 nitrogen and oxygen atoms in total. The second kappa shape index (κ2) is 12.4. The third kappa shape index (κ3) is 5.56. The molecule has 0 atom stereocenters. The first-order valence-electron chi connectivity index (χ1n) is 14.0. The van der Waals surface area contributed by atoms with Crippen LogP contribution in [0, 0.1) is 6.92 Å². The lowest BCUT2D eigenvalue weighted by molar-refractivity contribution is 0.221. The average molecular weight is 562 g/mol. The highest BCUT2D eigenvalue weighted by atomic mass is 16.7. The molecule has 1 heterocycles. The molecule has 0 spiro atoms. The lowest BCUT2D eigenvalue weighted by Crippen LogP contribution is -2.27. The zero-order valence-electron chi connectivity index (χ0n) is 23.8. The quantitative estimate of drug-likeness (QED) is 0.162. The van der Waals surface area contributed by atoms with E-state index in [2.05, 4.69) is 139 Å². The van der Waals surface area contributed by atoms with Crippen molar-refractivity contribution in [3.05, 3.63) is 152 Å². The normalized spacial score (nSPS) is 12.2. The number of fused-ring (bicyclic) bond motifs is 2. The topological polar surface area (TPSA) is 57.1 Å². The van der Waals surface area contributed by atoms with Gasteiger partial charge in [-0.05, 0) is 80.7 Å². The minimum absolute atomic E-state index is 0.826. The van der Waals surface area contributed by atoms with Crippen molar-refractivity contribution >= 4 is 33.9 Å². The summed E-state index contributed by atoms with van der Waals surface area (Å²) in [5.74, 6) is 0. The number of hydrogen-bond donors (Lipinski definition) is 2. The van der Waals surface area contributed by atoms with Crippen LogP contribution in [0.4, 0.5) is 5.69 Å². The number of aliphatic hydroxyl groups excluding tert-OH is 1. The maximum Gasteiger partial charge on any atom is 0.139 e. The second-order valence-electron chi connectivity index (χ2n) is 10.1. The number of aliphatic imine (C=N–C) groups is 1. The predicted molar refractivity (Wildman–Crippen MR) is 180 cm³/mol. The standard InChI is InChI=1S/C35H26N2O.C3H5NO/c1-24-8-6-9-25(22-24)28-16-18-34(32-14-4-2-12-30(28)32)35-19-17-29(31-13-3-5-15-33(31)35)26-10-7-11-27(23-26)37-36-20-21-38-37;1-4-2-3-5/h2-23,36H,1H3;2-3,5H,1H2/b;3-2-. The number of nitrogens with zero attached hydrogens (tertiary/aromatic N) is 2. The van der Waals surface area contributed by atoms with E-state index in [0.717, 1.165) is 17.5 Å². The van der Waals surface area contributed by atoms with Crippen LogP contribution in [0.25, 0.3) is 54.9 Å². The largest absolute Gasteiger partial charge is 0.514 e. The van der Waals surface area contributed by atoms with Gasteiger partial charge in [0.1, 0.15) is 6.26 Å². The third-order valence-corrected chi connectivity index (χ3v) is 7.46. The highest BCUT2D eigenvalue weighted by Gasteiger charge is 2.15. The SMILES string of the molecule is C=N/C=C\O.Cc1cccc(-c2ccc(-c3ccc(-c4cccc(N5NC=CO5)c4)c4ccccc34)c3ccccc23)c1. The van der Waals surface area contributed by atoms with Gasteiger partial charge in [0.05, 0.1) is 24.3 Å². The Bertz CT molecular complexity index is 1990. The van der Waals surface area contributed by atoms with Gasteiger partial charge in [0.25, 0.3) is 0 Å². The van der Waals surface area contributed by atoms with E-state index in [9.17, 15) is 0 Å². The second-order valence-corrected chi connectivity index (χ2v) is 10.1. The molecular formula is C38H31N3O2. The summed E-state index contributed by atoms with van der Waals surface area (Å²) in [6.45, 7) is 5.20. The fraction of sp³-hybridized carbons (Fsp3) is 0.0263. The van der Waals surface area contributed by atoms with Crippen LogP contribution in [-0.2, 0) is 4.84 Å². The molecule has 0 amide bonds. The molecule has 0 unspecified atom stereocenters. The molecule has 1 aliphatic rings. The van der Waals surface area contributed by atoms with Crippen LogP contribution in [0.1, 0.15) is 5.56 Å². The summed E-state index contributed by atoms with van der Waals surface area (Å²) in [5, 5.41) is 14.4. The van der Waals surface area contributed by atoms with Crippen LogP contribution >= 0.6 is 0 Å². The number of aliphatic hydroxyl groups is 1. The Labute approximate surface area is 251 Å². The molecule has 0 radical (unpaired) electrons. The number of nitrogens with one attached hydrogen (secondary N) is 1. The maximum absolute atomic E-state index is 7.75. The van der Waals surface area contributed by atoms with Crippen LogP contribution in [0.3, 0.4) is 0 Å². The number of anilines is 1. The zero-order valence-corrected chi connectivity index (χ0v) is 23.8. The Morgan fingerprint density at radius 1 is 0.674 bits per heavy atom. The van der Waals surface area contributed by atoms with Crippen LogP contribution in [0.2, 0.25) is 0 Å². The van der Waals surface area contributed by atoms with Crippen molar-refractivity contribution in [3.63, 3.8) is 0 Å². The summed E-state index contributed by atoms with van der Waals surface area (Å²) in [5.41, 5.74) is 12.6. The first kappa shape index (κ1) is 27.4. The molecule has 1 aliphatic heterocycles. The zero-order chi connectivity index (χ0) is 29.6. The summed E-state index contributed by atoms with van der Waals surface area (Å²) in [6, 6.07) is 43.7. The molecule has 0 fully saturated rings. The molecule has 0 saturated carbocycles. The van der Waals surface area contributed by atoms with Crippen molar-refractivity contribution < 1.29 is 9.94 Å². The van der Waals surface area contributed by atoms with Crippen molar-refractivity contribution in [2.45, 2.75) is 6.92 Å². The Morgan fingerprint density at radius 3 is 1.70 bits per heavy atom. The van der Waals surface area contributed by atoms with E-state index in [0.29, 0.717) is 0 Å². The first-order chi connectivity index (χ1) is 21.2. The van der Waals surface area contributed by atoms with Crippen molar-refractivity contribution in [2.24, 2.45) is 4.99 Å². The third-order valence-electron chi connectivity index (χ3n) is 7.46. The van der Waals surface area contributed by atoms with Crippen LogP contribution in [0.15, 0.2) is 151 Å². The summed E-state index contributed by atoms with van der Waals surface area (Å²) in [7, 11) is 0. The maximum atomic E-state index is 7.75. The number of benzene rings is 6. The number of hydrogen-bond acceptors (Lipinski definition) is 5. The van der Waals surface area contributed by atoms with E-state index < -0.39 is 0 Å². The smallest absolute Gasteiger partial charge is 0.139 e. The predicted octanol–water partition coefficient (Wildman–Crippen LogP) is 9.75. The molecule has 2 N–H and O–H groups in total. The lowest BCUT2D eigenvalue weighted by atomic mass is 9.88. The summed E-state index contributed by atoms with van der Waals surface area (Å²) < 4.78 is 0. The number of rotatable bonds is 5. The van der Waals surface area contributed by atoms with E-state index in [1.807, 2.05) is 6.07 Å². The Kier molecular flexibility index (Phi) is 7.87. The minimum Gasteiger partial charge on any atom is -0.514 e. The van der Waals surface area contributed by atoms with Gasteiger partial charge in [-0.15, -0.1) is 5.17 Å². The van der Waals surface area contributed by atoms with Gasteiger partial charge in [-0.25, -0.2) is 0 Å². The fourth-order valence-electron chi connectivity index (χ4n) is 5.59. The molecule has 210 valence electrons. The average Bonchev–Trinajstić information content (AvgIpc) is 3.60. The summed E-state index contributed by atoms with van der Waals surface area (Å²) in [4.78, 5) is 8.70. The molecule has 0 bridgehead atoms. The van der Waals surface area contributed by atoms with Crippen LogP contribution in [0.5, 0.6) is 0 Å². The summed E-state index contributed by atoms with van der Waals surface area (Å²) in [6.07, 6.45) is 5.42.